The lowest BCUT2D eigenvalue weighted by molar-refractivity contribution is -0.116. The van der Waals surface area contributed by atoms with E-state index in [4.69, 9.17) is 11.6 Å². The standard InChI is InChI=1S/C17H14ClF2N3O2/c18-12-9-11(5-6-13(12)19)21-16(24)10-22-7-8-23(17(22)25)15-4-2-1-3-14(15)20/h1-6,9H,7-8,10H2,(H,21,24). The molecule has 1 fully saturated rings. The summed E-state index contributed by atoms with van der Waals surface area (Å²) in [6.07, 6.45) is 0. The van der Waals surface area contributed by atoms with E-state index < -0.39 is 23.6 Å². The number of halogens is 3. The summed E-state index contributed by atoms with van der Waals surface area (Å²) < 4.78 is 26.9. The summed E-state index contributed by atoms with van der Waals surface area (Å²) >= 11 is 5.66. The molecule has 130 valence electrons. The van der Waals surface area contributed by atoms with Gasteiger partial charge in [0, 0.05) is 18.8 Å². The second-order valence-corrected chi connectivity index (χ2v) is 5.89. The van der Waals surface area contributed by atoms with E-state index >= 15 is 0 Å². The monoisotopic (exact) mass is 365 g/mol. The first kappa shape index (κ1) is 17.2. The topological polar surface area (TPSA) is 52.7 Å². The van der Waals surface area contributed by atoms with Gasteiger partial charge in [-0.3, -0.25) is 9.69 Å². The van der Waals surface area contributed by atoms with Crippen molar-refractivity contribution in [3.05, 3.63) is 59.1 Å². The Labute approximate surface area is 147 Å². The fourth-order valence-electron chi connectivity index (χ4n) is 2.57. The largest absolute Gasteiger partial charge is 0.325 e. The lowest BCUT2D eigenvalue weighted by Gasteiger charge is -2.18. The quantitative estimate of drug-likeness (QED) is 0.901. The molecule has 3 rings (SSSR count). The van der Waals surface area contributed by atoms with Gasteiger partial charge < -0.3 is 10.2 Å². The van der Waals surface area contributed by atoms with E-state index in [0.29, 0.717) is 12.2 Å². The number of para-hydroxylation sites is 1. The number of carbonyl (C=O) groups excluding carboxylic acids is 2. The molecule has 5 nitrogen and oxygen atoms in total. The van der Waals surface area contributed by atoms with Gasteiger partial charge >= 0.3 is 6.03 Å². The molecule has 1 heterocycles. The molecule has 3 amide bonds. The van der Waals surface area contributed by atoms with Crippen molar-refractivity contribution in [3.63, 3.8) is 0 Å². The highest BCUT2D eigenvalue weighted by molar-refractivity contribution is 6.31. The molecule has 0 radical (unpaired) electrons. The highest BCUT2D eigenvalue weighted by atomic mass is 35.5. The van der Waals surface area contributed by atoms with Crippen molar-refractivity contribution in [2.24, 2.45) is 0 Å². The summed E-state index contributed by atoms with van der Waals surface area (Å²) in [6.45, 7) is 0.388. The SMILES string of the molecule is O=C(CN1CCN(c2ccccc2F)C1=O)Nc1ccc(F)c(Cl)c1. The van der Waals surface area contributed by atoms with Gasteiger partial charge in [0.05, 0.1) is 10.7 Å². The minimum Gasteiger partial charge on any atom is -0.324 e. The number of hydrogen-bond acceptors (Lipinski definition) is 2. The molecule has 25 heavy (non-hydrogen) atoms. The molecule has 2 aromatic carbocycles. The Kier molecular flexibility index (Phi) is 4.85. The first-order valence-electron chi connectivity index (χ1n) is 7.51. The molecule has 0 aromatic heterocycles. The Balaban J connectivity index is 1.63. The molecule has 0 unspecified atom stereocenters. The van der Waals surface area contributed by atoms with E-state index in [2.05, 4.69) is 5.32 Å². The molecule has 0 saturated carbocycles. The maximum Gasteiger partial charge on any atom is 0.325 e. The Hall–Kier alpha value is -2.67. The molecular formula is C17H14ClF2N3O2. The van der Waals surface area contributed by atoms with Crippen LogP contribution in [0, 0.1) is 11.6 Å². The normalized spacial score (nSPS) is 14.1. The van der Waals surface area contributed by atoms with Crippen LogP contribution in [-0.4, -0.2) is 36.5 Å². The summed E-state index contributed by atoms with van der Waals surface area (Å²) in [5, 5.41) is 2.44. The fourth-order valence-corrected chi connectivity index (χ4v) is 2.75. The number of urea groups is 1. The van der Waals surface area contributed by atoms with E-state index in [9.17, 15) is 18.4 Å². The lowest BCUT2D eigenvalue weighted by Crippen LogP contribution is -2.37. The molecule has 0 spiro atoms. The van der Waals surface area contributed by atoms with Crippen molar-refractivity contribution in [2.45, 2.75) is 0 Å². The Morgan fingerprint density at radius 3 is 2.60 bits per heavy atom. The van der Waals surface area contributed by atoms with E-state index in [0.717, 1.165) is 6.07 Å². The van der Waals surface area contributed by atoms with E-state index in [1.165, 1.54) is 34.1 Å². The molecule has 1 saturated heterocycles. The Morgan fingerprint density at radius 1 is 1.12 bits per heavy atom. The summed E-state index contributed by atoms with van der Waals surface area (Å²) in [5.41, 5.74) is 0.509. The predicted molar refractivity (Wildman–Crippen MR) is 90.8 cm³/mol. The van der Waals surface area contributed by atoms with Crippen LogP contribution in [0.25, 0.3) is 0 Å². The van der Waals surface area contributed by atoms with Crippen LogP contribution in [0.15, 0.2) is 42.5 Å². The molecule has 0 bridgehead atoms. The first-order chi connectivity index (χ1) is 12.0. The van der Waals surface area contributed by atoms with Crippen molar-refractivity contribution in [2.75, 3.05) is 29.9 Å². The number of anilines is 2. The molecule has 8 heteroatoms. The molecule has 1 aliphatic heterocycles. The average molecular weight is 366 g/mol. The number of amides is 3. The van der Waals surface area contributed by atoms with Gasteiger partial charge in [0.2, 0.25) is 5.91 Å². The third kappa shape index (κ3) is 3.71. The van der Waals surface area contributed by atoms with Crippen molar-refractivity contribution >= 4 is 34.9 Å². The maximum atomic E-state index is 13.8. The van der Waals surface area contributed by atoms with Crippen LogP contribution < -0.4 is 10.2 Å². The zero-order chi connectivity index (χ0) is 18.0. The number of benzene rings is 2. The lowest BCUT2D eigenvalue weighted by atomic mass is 10.3. The number of carbonyl (C=O) groups is 2. The molecular weight excluding hydrogens is 352 g/mol. The van der Waals surface area contributed by atoms with Crippen molar-refractivity contribution in [1.82, 2.24) is 4.90 Å². The first-order valence-corrected chi connectivity index (χ1v) is 7.89. The van der Waals surface area contributed by atoms with Gasteiger partial charge in [-0.25, -0.2) is 13.6 Å². The Morgan fingerprint density at radius 2 is 1.88 bits per heavy atom. The third-order valence-corrected chi connectivity index (χ3v) is 4.07. The summed E-state index contributed by atoms with van der Waals surface area (Å²) in [6, 6.07) is 9.31. The van der Waals surface area contributed by atoms with Gasteiger partial charge in [-0.2, -0.15) is 0 Å². The van der Waals surface area contributed by atoms with Gasteiger partial charge in [-0.05, 0) is 30.3 Å². The van der Waals surface area contributed by atoms with Crippen molar-refractivity contribution < 1.29 is 18.4 Å². The van der Waals surface area contributed by atoms with E-state index in [1.54, 1.807) is 12.1 Å². The fraction of sp³-hybridized carbons (Fsp3) is 0.176. The highest BCUT2D eigenvalue weighted by Gasteiger charge is 2.32. The van der Waals surface area contributed by atoms with Crippen LogP contribution >= 0.6 is 11.6 Å². The molecule has 0 atom stereocenters. The zero-order valence-electron chi connectivity index (χ0n) is 13.0. The number of hydrogen-bond donors (Lipinski definition) is 1. The number of nitrogens with zero attached hydrogens (tertiary/aromatic N) is 2. The predicted octanol–water partition coefficient (Wildman–Crippen LogP) is 3.50. The summed E-state index contributed by atoms with van der Waals surface area (Å²) in [4.78, 5) is 27.1. The smallest absolute Gasteiger partial charge is 0.324 e. The van der Waals surface area contributed by atoms with Crippen LogP contribution in [0.4, 0.5) is 25.0 Å². The maximum absolute atomic E-state index is 13.8. The van der Waals surface area contributed by atoms with E-state index in [-0.39, 0.29) is 23.8 Å². The Bertz CT molecular complexity index is 831. The van der Waals surface area contributed by atoms with Crippen LogP contribution in [0.5, 0.6) is 0 Å². The highest BCUT2D eigenvalue weighted by Crippen LogP contribution is 2.23. The number of nitrogens with one attached hydrogen (secondary N) is 1. The van der Waals surface area contributed by atoms with Crippen molar-refractivity contribution in [1.29, 1.82) is 0 Å². The summed E-state index contributed by atoms with van der Waals surface area (Å²) in [5.74, 6) is -1.54. The second-order valence-electron chi connectivity index (χ2n) is 5.48. The van der Waals surface area contributed by atoms with Crippen LogP contribution in [-0.2, 0) is 4.79 Å². The van der Waals surface area contributed by atoms with Gasteiger partial charge in [0.15, 0.2) is 0 Å². The second kappa shape index (κ2) is 7.06. The van der Waals surface area contributed by atoms with E-state index in [1.807, 2.05) is 0 Å². The van der Waals surface area contributed by atoms with Crippen molar-refractivity contribution in [3.8, 4) is 0 Å². The molecule has 0 aliphatic carbocycles. The minimum atomic E-state index is -0.588. The molecule has 2 aromatic rings. The van der Waals surface area contributed by atoms with Crippen LogP contribution in [0.2, 0.25) is 5.02 Å². The van der Waals surface area contributed by atoms with Crippen LogP contribution in [0.3, 0.4) is 0 Å². The molecule has 1 aliphatic rings. The van der Waals surface area contributed by atoms with Gasteiger partial charge in [-0.15, -0.1) is 0 Å². The number of rotatable bonds is 4. The molecule has 1 N–H and O–H groups in total. The summed E-state index contributed by atoms with van der Waals surface area (Å²) in [7, 11) is 0. The third-order valence-electron chi connectivity index (χ3n) is 3.78. The van der Waals surface area contributed by atoms with Crippen LogP contribution in [0.1, 0.15) is 0 Å². The van der Waals surface area contributed by atoms with Gasteiger partial charge in [0.1, 0.15) is 18.2 Å². The van der Waals surface area contributed by atoms with Gasteiger partial charge in [0.25, 0.3) is 0 Å². The minimum absolute atomic E-state index is 0.110. The zero-order valence-corrected chi connectivity index (χ0v) is 13.8. The average Bonchev–Trinajstić information content (AvgIpc) is 2.92. The van der Waals surface area contributed by atoms with Gasteiger partial charge in [-0.1, -0.05) is 23.7 Å².